The summed E-state index contributed by atoms with van der Waals surface area (Å²) in [5.41, 5.74) is 6.44. The molecule has 0 fully saturated rings. The lowest BCUT2D eigenvalue weighted by atomic mass is 9.99. The summed E-state index contributed by atoms with van der Waals surface area (Å²) in [7, 11) is 4.06. The molecule has 106 valence electrons. The lowest BCUT2D eigenvalue weighted by Crippen LogP contribution is -2.29. The van der Waals surface area contributed by atoms with Crippen LogP contribution in [0.2, 0.25) is 5.02 Å². The number of nitrogens with zero attached hydrogens (tertiary/aromatic N) is 1. The molecular weight excluding hydrogens is 270 g/mol. The average Bonchev–Trinajstić information content (AvgIpc) is 2.47. The lowest BCUT2D eigenvalue weighted by Gasteiger charge is -2.18. The van der Waals surface area contributed by atoms with Gasteiger partial charge in [-0.2, -0.15) is 0 Å². The highest BCUT2D eigenvalue weighted by atomic mass is 35.5. The molecule has 0 spiro atoms. The van der Waals surface area contributed by atoms with Crippen LogP contribution in [-0.4, -0.2) is 14.1 Å². The summed E-state index contributed by atoms with van der Waals surface area (Å²) >= 11 is 5.90. The summed E-state index contributed by atoms with van der Waals surface area (Å²) in [5.74, 6) is 5.69. The van der Waals surface area contributed by atoms with Gasteiger partial charge in [0.25, 0.3) is 0 Å². The summed E-state index contributed by atoms with van der Waals surface area (Å²) in [6, 6.07) is 16.4. The van der Waals surface area contributed by atoms with Gasteiger partial charge in [0.15, 0.2) is 0 Å². The van der Waals surface area contributed by atoms with Crippen molar-refractivity contribution in [2.45, 2.75) is 12.5 Å². The Morgan fingerprint density at radius 3 is 2.15 bits per heavy atom. The topological polar surface area (TPSA) is 41.3 Å². The van der Waals surface area contributed by atoms with E-state index in [0.29, 0.717) is 0 Å². The molecule has 0 radical (unpaired) electrons. The van der Waals surface area contributed by atoms with Crippen molar-refractivity contribution < 1.29 is 0 Å². The first-order valence-corrected chi connectivity index (χ1v) is 6.96. The number of benzene rings is 2. The predicted octanol–water partition coefficient (Wildman–Crippen LogP) is 3.15. The molecule has 0 heterocycles. The Hall–Kier alpha value is -1.55. The molecule has 0 aliphatic carbocycles. The Morgan fingerprint density at radius 1 is 1.05 bits per heavy atom. The first-order valence-electron chi connectivity index (χ1n) is 6.58. The molecular formula is C16H20ClN3. The minimum Gasteiger partial charge on any atom is -0.378 e. The van der Waals surface area contributed by atoms with Gasteiger partial charge in [0, 0.05) is 30.8 Å². The number of nitrogens with one attached hydrogen (secondary N) is 1. The van der Waals surface area contributed by atoms with Gasteiger partial charge in [0.2, 0.25) is 0 Å². The van der Waals surface area contributed by atoms with Crippen LogP contribution in [0.15, 0.2) is 48.5 Å². The highest BCUT2D eigenvalue weighted by molar-refractivity contribution is 6.30. The second-order valence-corrected chi connectivity index (χ2v) is 5.47. The van der Waals surface area contributed by atoms with Crippen LogP contribution in [-0.2, 0) is 6.42 Å². The predicted molar refractivity (Wildman–Crippen MR) is 86.0 cm³/mol. The van der Waals surface area contributed by atoms with E-state index in [1.165, 1.54) is 16.8 Å². The largest absolute Gasteiger partial charge is 0.378 e. The van der Waals surface area contributed by atoms with Crippen molar-refractivity contribution in [2.24, 2.45) is 5.84 Å². The van der Waals surface area contributed by atoms with Gasteiger partial charge >= 0.3 is 0 Å². The summed E-state index contributed by atoms with van der Waals surface area (Å²) in [4.78, 5) is 2.08. The van der Waals surface area contributed by atoms with Gasteiger partial charge in [0.1, 0.15) is 0 Å². The molecule has 0 aliphatic heterocycles. The number of rotatable bonds is 5. The molecule has 2 aromatic rings. The third-order valence-corrected chi connectivity index (χ3v) is 3.62. The van der Waals surface area contributed by atoms with Gasteiger partial charge in [-0.3, -0.25) is 11.3 Å². The molecule has 0 aliphatic rings. The first-order chi connectivity index (χ1) is 9.60. The molecule has 0 saturated carbocycles. The number of hydrogen-bond donors (Lipinski definition) is 2. The zero-order valence-electron chi connectivity index (χ0n) is 11.8. The smallest absolute Gasteiger partial charge is 0.0500 e. The fourth-order valence-electron chi connectivity index (χ4n) is 2.13. The summed E-state index contributed by atoms with van der Waals surface area (Å²) in [6.45, 7) is 0. The number of hydrazine groups is 1. The minimum atomic E-state index is 0.0902. The molecule has 4 heteroatoms. The monoisotopic (exact) mass is 289 g/mol. The number of halogens is 1. The van der Waals surface area contributed by atoms with Crippen LogP contribution in [0.4, 0.5) is 5.69 Å². The molecule has 3 nitrogen and oxygen atoms in total. The van der Waals surface area contributed by atoms with E-state index in [1.807, 2.05) is 38.4 Å². The normalized spacial score (nSPS) is 12.2. The van der Waals surface area contributed by atoms with Crippen LogP contribution < -0.4 is 16.2 Å². The quantitative estimate of drug-likeness (QED) is 0.656. The maximum atomic E-state index is 5.90. The standard InChI is InChI=1S/C16H20ClN3/c1-20(2)15-9-5-13(6-10-15)16(19-18)11-12-3-7-14(17)8-4-12/h3-10,16,19H,11,18H2,1-2H3. The Labute approximate surface area is 125 Å². The second kappa shape index (κ2) is 6.75. The van der Waals surface area contributed by atoms with Crippen molar-refractivity contribution in [3.8, 4) is 0 Å². The fourth-order valence-corrected chi connectivity index (χ4v) is 2.26. The van der Waals surface area contributed by atoms with E-state index in [1.54, 1.807) is 0 Å². The molecule has 2 aromatic carbocycles. The molecule has 1 unspecified atom stereocenters. The van der Waals surface area contributed by atoms with Crippen molar-refractivity contribution >= 4 is 17.3 Å². The van der Waals surface area contributed by atoms with E-state index in [0.717, 1.165) is 11.4 Å². The van der Waals surface area contributed by atoms with Crippen LogP contribution in [0.1, 0.15) is 17.2 Å². The number of hydrogen-bond acceptors (Lipinski definition) is 3. The van der Waals surface area contributed by atoms with Crippen molar-refractivity contribution in [1.29, 1.82) is 0 Å². The van der Waals surface area contributed by atoms with Gasteiger partial charge in [-0.15, -0.1) is 0 Å². The van der Waals surface area contributed by atoms with Gasteiger partial charge in [-0.25, -0.2) is 0 Å². The van der Waals surface area contributed by atoms with E-state index < -0.39 is 0 Å². The Balaban J connectivity index is 2.13. The van der Waals surface area contributed by atoms with Crippen molar-refractivity contribution in [3.63, 3.8) is 0 Å². The maximum Gasteiger partial charge on any atom is 0.0500 e. The molecule has 0 bridgehead atoms. The van der Waals surface area contributed by atoms with Crippen molar-refractivity contribution in [2.75, 3.05) is 19.0 Å². The minimum absolute atomic E-state index is 0.0902. The van der Waals surface area contributed by atoms with Crippen molar-refractivity contribution in [1.82, 2.24) is 5.43 Å². The van der Waals surface area contributed by atoms with E-state index >= 15 is 0 Å². The summed E-state index contributed by atoms with van der Waals surface area (Å²) in [5, 5.41) is 0.751. The third-order valence-electron chi connectivity index (χ3n) is 3.37. The van der Waals surface area contributed by atoms with E-state index in [9.17, 15) is 0 Å². The van der Waals surface area contributed by atoms with Crippen LogP contribution in [0.5, 0.6) is 0 Å². The van der Waals surface area contributed by atoms with Crippen LogP contribution >= 0.6 is 11.6 Å². The fraction of sp³-hybridized carbons (Fsp3) is 0.250. The van der Waals surface area contributed by atoms with Gasteiger partial charge in [-0.1, -0.05) is 35.9 Å². The third kappa shape index (κ3) is 3.73. The highest BCUT2D eigenvalue weighted by Crippen LogP contribution is 2.21. The zero-order valence-corrected chi connectivity index (χ0v) is 12.6. The SMILES string of the molecule is CN(C)c1ccc(C(Cc2ccc(Cl)cc2)NN)cc1. The Bertz CT molecular complexity index is 535. The molecule has 20 heavy (non-hydrogen) atoms. The van der Waals surface area contributed by atoms with E-state index in [2.05, 4.69) is 34.6 Å². The van der Waals surface area contributed by atoms with Gasteiger partial charge < -0.3 is 4.90 Å². The maximum absolute atomic E-state index is 5.90. The molecule has 2 rings (SSSR count). The second-order valence-electron chi connectivity index (χ2n) is 5.04. The summed E-state index contributed by atoms with van der Waals surface area (Å²) < 4.78 is 0. The zero-order chi connectivity index (χ0) is 14.5. The molecule has 1 atom stereocenters. The molecule has 0 saturated heterocycles. The summed E-state index contributed by atoms with van der Waals surface area (Å²) in [6.07, 6.45) is 0.828. The van der Waals surface area contributed by atoms with Gasteiger partial charge in [-0.05, 0) is 41.8 Å². The van der Waals surface area contributed by atoms with E-state index in [4.69, 9.17) is 17.4 Å². The van der Waals surface area contributed by atoms with E-state index in [-0.39, 0.29) is 6.04 Å². The molecule has 0 amide bonds. The lowest BCUT2D eigenvalue weighted by molar-refractivity contribution is 0.552. The van der Waals surface area contributed by atoms with Gasteiger partial charge in [0.05, 0.1) is 0 Å². The number of nitrogens with two attached hydrogens (primary N) is 1. The van der Waals surface area contributed by atoms with Crippen LogP contribution in [0, 0.1) is 0 Å². The number of anilines is 1. The molecule has 0 aromatic heterocycles. The first kappa shape index (κ1) is 14.9. The van der Waals surface area contributed by atoms with Crippen LogP contribution in [0.3, 0.4) is 0 Å². The van der Waals surface area contributed by atoms with Crippen molar-refractivity contribution in [3.05, 3.63) is 64.7 Å². The van der Waals surface area contributed by atoms with Crippen LogP contribution in [0.25, 0.3) is 0 Å². The molecule has 3 N–H and O–H groups in total. The highest BCUT2D eigenvalue weighted by Gasteiger charge is 2.10. The Morgan fingerprint density at radius 2 is 1.65 bits per heavy atom. The average molecular weight is 290 g/mol. The Kier molecular flexibility index (Phi) is 5.01.